The number of halogens is 3. The molecule has 0 aliphatic heterocycles. The second-order valence-corrected chi connectivity index (χ2v) is 3.19. The first-order chi connectivity index (χ1) is 6.22. The lowest BCUT2D eigenvalue weighted by atomic mass is 10.1. The van der Waals surface area contributed by atoms with E-state index < -0.39 is 18.5 Å². The predicted molar refractivity (Wildman–Crippen MR) is 43.5 cm³/mol. The summed E-state index contributed by atoms with van der Waals surface area (Å²) in [6.07, 6.45) is -6.07. The molecule has 0 fully saturated rings. The molecule has 0 aromatic rings. The first kappa shape index (κ1) is 12.9. The van der Waals surface area contributed by atoms with Gasteiger partial charge in [0.25, 0.3) is 0 Å². The highest BCUT2D eigenvalue weighted by Gasteiger charge is 2.31. The Bertz CT molecular complexity index is 223. The Kier molecular flexibility index (Phi) is 4.59. The van der Waals surface area contributed by atoms with Crippen molar-refractivity contribution in [1.82, 2.24) is 5.32 Å². The molecule has 0 saturated carbocycles. The standard InChI is InChI=1S/C8H12F3NO2/c1-5(2)6(13)4-12-7(14)3-8(9,10)11/h5H,3-4H2,1-2H3,(H,12,14). The second kappa shape index (κ2) is 4.97. The fourth-order valence-corrected chi connectivity index (χ4v) is 0.634. The van der Waals surface area contributed by atoms with E-state index in [1.807, 2.05) is 5.32 Å². The number of carbonyl (C=O) groups is 2. The predicted octanol–water partition coefficient (Wildman–Crippen LogP) is 1.28. The van der Waals surface area contributed by atoms with E-state index in [1.54, 1.807) is 13.8 Å². The molecule has 0 atom stereocenters. The molecule has 0 aromatic carbocycles. The number of Topliss-reactive ketones (excluding diaryl/α,β-unsaturated/α-hetero) is 1. The van der Waals surface area contributed by atoms with Crippen LogP contribution >= 0.6 is 0 Å². The van der Waals surface area contributed by atoms with Crippen molar-refractivity contribution < 1.29 is 22.8 Å². The third-order valence-electron chi connectivity index (χ3n) is 1.46. The Balaban J connectivity index is 3.81. The summed E-state index contributed by atoms with van der Waals surface area (Å²) in [5.41, 5.74) is 0. The van der Waals surface area contributed by atoms with E-state index in [9.17, 15) is 22.8 Å². The summed E-state index contributed by atoms with van der Waals surface area (Å²) in [6.45, 7) is 2.88. The Morgan fingerprint density at radius 1 is 1.29 bits per heavy atom. The van der Waals surface area contributed by atoms with Crippen molar-refractivity contribution in [3.8, 4) is 0 Å². The number of ketones is 1. The van der Waals surface area contributed by atoms with Crippen LogP contribution in [0.15, 0.2) is 0 Å². The van der Waals surface area contributed by atoms with Crippen molar-refractivity contribution in [3.63, 3.8) is 0 Å². The van der Waals surface area contributed by atoms with Crippen LogP contribution in [0.4, 0.5) is 13.2 Å². The highest BCUT2D eigenvalue weighted by molar-refractivity contribution is 5.87. The van der Waals surface area contributed by atoms with Crippen LogP contribution in [0.3, 0.4) is 0 Å². The molecular formula is C8H12F3NO2. The maximum absolute atomic E-state index is 11.6. The zero-order chi connectivity index (χ0) is 11.4. The van der Waals surface area contributed by atoms with Crippen LogP contribution in [-0.2, 0) is 9.59 Å². The summed E-state index contributed by atoms with van der Waals surface area (Å²) in [7, 11) is 0. The average molecular weight is 211 g/mol. The van der Waals surface area contributed by atoms with Crippen molar-refractivity contribution in [2.45, 2.75) is 26.4 Å². The van der Waals surface area contributed by atoms with Crippen LogP contribution in [0.1, 0.15) is 20.3 Å². The lowest BCUT2D eigenvalue weighted by Gasteiger charge is -2.08. The quantitative estimate of drug-likeness (QED) is 0.761. The van der Waals surface area contributed by atoms with E-state index >= 15 is 0 Å². The summed E-state index contributed by atoms with van der Waals surface area (Å²) in [4.78, 5) is 21.5. The summed E-state index contributed by atoms with van der Waals surface area (Å²) < 4.78 is 34.9. The molecule has 0 spiro atoms. The van der Waals surface area contributed by atoms with E-state index in [0.717, 1.165) is 0 Å². The molecule has 0 aliphatic rings. The Morgan fingerprint density at radius 2 is 1.79 bits per heavy atom. The van der Waals surface area contributed by atoms with Gasteiger partial charge in [0.1, 0.15) is 6.42 Å². The molecule has 0 rings (SSSR count). The van der Waals surface area contributed by atoms with Gasteiger partial charge in [-0.15, -0.1) is 0 Å². The van der Waals surface area contributed by atoms with Crippen molar-refractivity contribution >= 4 is 11.7 Å². The minimum Gasteiger partial charge on any atom is -0.349 e. The highest BCUT2D eigenvalue weighted by Crippen LogP contribution is 2.18. The highest BCUT2D eigenvalue weighted by atomic mass is 19.4. The first-order valence-corrected chi connectivity index (χ1v) is 4.08. The Hall–Kier alpha value is -1.07. The zero-order valence-electron chi connectivity index (χ0n) is 7.94. The summed E-state index contributed by atoms with van der Waals surface area (Å²) in [6, 6.07) is 0. The molecule has 0 aliphatic carbocycles. The smallest absolute Gasteiger partial charge is 0.349 e. The lowest BCUT2D eigenvalue weighted by molar-refractivity contribution is -0.154. The molecule has 0 bridgehead atoms. The second-order valence-electron chi connectivity index (χ2n) is 3.19. The molecular weight excluding hydrogens is 199 g/mol. The monoisotopic (exact) mass is 211 g/mol. The maximum Gasteiger partial charge on any atom is 0.397 e. The van der Waals surface area contributed by atoms with E-state index in [-0.39, 0.29) is 18.2 Å². The molecule has 0 radical (unpaired) electrons. The van der Waals surface area contributed by atoms with E-state index in [1.165, 1.54) is 0 Å². The van der Waals surface area contributed by atoms with E-state index in [0.29, 0.717) is 0 Å². The number of amides is 1. The lowest BCUT2D eigenvalue weighted by Crippen LogP contribution is -2.34. The number of rotatable bonds is 4. The first-order valence-electron chi connectivity index (χ1n) is 4.08. The van der Waals surface area contributed by atoms with Crippen LogP contribution in [0.2, 0.25) is 0 Å². The minimum atomic E-state index is -4.52. The van der Waals surface area contributed by atoms with Gasteiger partial charge < -0.3 is 5.32 Å². The molecule has 0 heterocycles. The summed E-state index contributed by atoms with van der Waals surface area (Å²) in [5.74, 6) is -1.76. The van der Waals surface area contributed by atoms with Crippen LogP contribution in [0.5, 0.6) is 0 Å². The normalized spacial score (nSPS) is 11.6. The van der Waals surface area contributed by atoms with Crippen molar-refractivity contribution in [3.05, 3.63) is 0 Å². The molecule has 0 aromatic heterocycles. The molecule has 14 heavy (non-hydrogen) atoms. The zero-order valence-corrected chi connectivity index (χ0v) is 7.94. The van der Waals surface area contributed by atoms with Gasteiger partial charge in [0, 0.05) is 5.92 Å². The van der Waals surface area contributed by atoms with Gasteiger partial charge in [-0.2, -0.15) is 13.2 Å². The molecule has 1 amide bonds. The van der Waals surface area contributed by atoms with Gasteiger partial charge in [-0.3, -0.25) is 9.59 Å². The molecule has 6 heteroatoms. The molecule has 0 saturated heterocycles. The van der Waals surface area contributed by atoms with Gasteiger partial charge in [-0.1, -0.05) is 13.8 Å². The number of hydrogen-bond acceptors (Lipinski definition) is 2. The third kappa shape index (κ3) is 6.45. The number of nitrogens with one attached hydrogen (secondary N) is 1. The van der Waals surface area contributed by atoms with E-state index in [2.05, 4.69) is 0 Å². The SMILES string of the molecule is CC(C)C(=O)CNC(=O)CC(F)(F)F. The van der Waals surface area contributed by atoms with Gasteiger partial charge in [0.2, 0.25) is 5.91 Å². The van der Waals surface area contributed by atoms with Gasteiger partial charge >= 0.3 is 6.18 Å². The molecule has 3 nitrogen and oxygen atoms in total. The summed E-state index contributed by atoms with van der Waals surface area (Å²) in [5, 5.41) is 1.91. The van der Waals surface area contributed by atoms with Crippen molar-refractivity contribution in [2.24, 2.45) is 5.92 Å². The fourth-order valence-electron chi connectivity index (χ4n) is 0.634. The van der Waals surface area contributed by atoms with Crippen molar-refractivity contribution in [1.29, 1.82) is 0 Å². The molecule has 0 unspecified atom stereocenters. The van der Waals surface area contributed by atoms with Gasteiger partial charge in [0.15, 0.2) is 5.78 Å². The van der Waals surface area contributed by atoms with Crippen LogP contribution in [-0.4, -0.2) is 24.4 Å². The third-order valence-corrected chi connectivity index (χ3v) is 1.46. The Labute approximate surface area is 79.7 Å². The van der Waals surface area contributed by atoms with Gasteiger partial charge in [0.05, 0.1) is 6.54 Å². The number of alkyl halides is 3. The van der Waals surface area contributed by atoms with Crippen LogP contribution in [0.25, 0.3) is 0 Å². The largest absolute Gasteiger partial charge is 0.397 e. The molecule has 82 valence electrons. The number of carbonyl (C=O) groups excluding carboxylic acids is 2. The minimum absolute atomic E-state index is 0.291. The molecule has 1 N–H and O–H groups in total. The maximum atomic E-state index is 11.6. The van der Waals surface area contributed by atoms with Crippen LogP contribution in [0, 0.1) is 5.92 Å². The Morgan fingerprint density at radius 3 is 2.14 bits per heavy atom. The van der Waals surface area contributed by atoms with Crippen LogP contribution < -0.4 is 5.32 Å². The van der Waals surface area contributed by atoms with Gasteiger partial charge in [-0.05, 0) is 0 Å². The average Bonchev–Trinajstić information content (AvgIpc) is 1.96. The van der Waals surface area contributed by atoms with E-state index in [4.69, 9.17) is 0 Å². The topological polar surface area (TPSA) is 46.2 Å². The fraction of sp³-hybridized carbons (Fsp3) is 0.750. The number of hydrogen-bond donors (Lipinski definition) is 1. The van der Waals surface area contributed by atoms with Crippen molar-refractivity contribution in [2.75, 3.05) is 6.54 Å². The summed E-state index contributed by atoms with van der Waals surface area (Å²) >= 11 is 0. The van der Waals surface area contributed by atoms with Gasteiger partial charge in [-0.25, -0.2) is 0 Å².